The molecule has 0 aliphatic carbocycles. The van der Waals surface area contributed by atoms with Crippen LogP contribution in [0, 0.1) is 5.92 Å². The number of carbonyl (C=O) groups is 2. The lowest BCUT2D eigenvalue weighted by Gasteiger charge is -2.17. The highest BCUT2D eigenvalue weighted by Gasteiger charge is 2.29. The second-order valence-electron chi connectivity index (χ2n) is 6.05. The van der Waals surface area contributed by atoms with Gasteiger partial charge in [-0.2, -0.15) is 0 Å². The van der Waals surface area contributed by atoms with Crippen LogP contribution in [0.2, 0.25) is 5.02 Å². The third kappa shape index (κ3) is 4.15. The Hall–Kier alpha value is -2.33. The summed E-state index contributed by atoms with van der Waals surface area (Å²) in [6.07, 6.45) is 0.480. The Balaban J connectivity index is 1.51. The standard InChI is InChI=1S/C19H19ClN2O2/c20-17-8-6-16(7-9-17)19(24)21-11-15-10-18(23)22(13-15)12-14-4-2-1-3-5-14/h1-9,15H,10-13H2,(H,21,24). The third-order valence-electron chi connectivity index (χ3n) is 4.17. The molecule has 3 rings (SSSR count). The number of nitrogens with zero attached hydrogens (tertiary/aromatic N) is 1. The van der Waals surface area contributed by atoms with Crippen molar-refractivity contribution in [2.24, 2.45) is 5.92 Å². The van der Waals surface area contributed by atoms with Gasteiger partial charge in [0.1, 0.15) is 0 Å². The van der Waals surface area contributed by atoms with Gasteiger partial charge in [0, 0.05) is 42.6 Å². The SMILES string of the molecule is O=C(NCC1CC(=O)N(Cc2ccccc2)C1)c1ccc(Cl)cc1. The largest absolute Gasteiger partial charge is 0.352 e. The molecule has 24 heavy (non-hydrogen) atoms. The van der Waals surface area contributed by atoms with E-state index in [0.29, 0.717) is 36.6 Å². The minimum absolute atomic E-state index is 0.138. The Morgan fingerprint density at radius 2 is 1.83 bits per heavy atom. The molecule has 1 fully saturated rings. The van der Waals surface area contributed by atoms with Crippen LogP contribution in [0.25, 0.3) is 0 Å². The van der Waals surface area contributed by atoms with E-state index in [1.165, 1.54) is 0 Å². The topological polar surface area (TPSA) is 49.4 Å². The summed E-state index contributed by atoms with van der Waals surface area (Å²) in [6.45, 7) is 1.80. The second-order valence-corrected chi connectivity index (χ2v) is 6.48. The summed E-state index contributed by atoms with van der Waals surface area (Å²) < 4.78 is 0. The van der Waals surface area contributed by atoms with Crippen LogP contribution in [0.5, 0.6) is 0 Å². The van der Waals surface area contributed by atoms with Crippen LogP contribution in [0.1, 0.15) is 22.3 Å². The van der Waals surface area contributed by atoms with E-state index in [2.05, 4.69) is 5.32 Å². The number of halogens is 1. The molecule has 2 aromatic carbocycles. The molecule has 124 valence electrons. The minimum atomic E-state index is -0.138. The van der Waals surface area contributed by atoms with Gasteiger partial charge < -0.3 is 10.2 Å². The van der Waals surface area contributed by atoms with E-state index >= 15 is 0 Å². The summed E-state index contributed by atoms with van der Waals surface area (Å²) >= 11 is 5.82. The van der Waals surface area contributed by atoms with Gasteiger partial charge in [-0.1, -0.05) is 41.9 Å². The first-order chi connectivity index (χ1) is 11.6. The summed E-state index contributed by atoms with van der Waals surface area (Å²) in [5, 5.41) is 3.51. The van der Waals surface area contributed by atoms with Crippen LogP contribution in [0.3, 0.4) is 0 Å². The summed E-state index contributed by atoms with van der Waals surface area (Å²) in [4.78, 5) is 26.1. The molecule has 1 heterocycles. The lowest BCUT2D eigenvalue weighted by molar-refractivity contribution is -0.128. The van der Waals surface area contributed by atoms with E-state index in [0.717, 1.165) is 5.56 Å². The first-order valence-corrected chi connectivity index (χ1v) is 8.35. The van der Waals surface area contributed by atoms with Crippen molar-refractivity contribution in [2.75, 3.05) is 13.1 Å². The van der Waals surface area contributed by atoms with Crippen molar-refractivity contribution >= 4 is 23.4 Å². The van der Waals surface area contributed by atoms with E-state index in [1.54, 1.807) is 24.3 Å². The summed E-state index contributed by atoms with van der Waals surface area (Å²) in [6, 6.07) is 16.7. The first kappa shape index (κ1) is 16.5. The highest BCUT2D eigenvalue weighted by Crippen LogP contribution is 2.19. The number of hydrogen-bond acceptors (Lipinski definition) is 2. The van der Waals surface area contributed by atoms with Gasteiger partial charge in [0.05, 0.1) is 0 Å². The van der Waals surface area contributed by atoms with Gasteiger partial charge in [-0.15, -0.1) is 0 Å². The van der Waals surface area contributed by atoms with Crippen LogP contribution in [-0.2, 0) is 11.3 Å². The average molecular weight is 343 g/mol. The predicted molar refractivity (Wildman–Crippen MR) is 93.8 cm³/mol. The molecule has 1 unspecified atom stereocenters. The van der Waals surface area contributed by atoms with Crippen molar-refractivity contribution in [3.05, 3.63) is 70.7 Å². The van der Waals surface area contributed by atoms with Gasteiger partial charge in [0.2, 0.25) is 5.91 Å². The maximum absolute atomic E-state index is 12.1. The smallest absolute Gasteiger partial charge is 0.251 e. The third-order valence-corrected chi connectivity index (χ3v) is 4.42. The number of amides is 2. The molecule has 2 aromatic rings. The number of carbonyl (C=O) groups excluding carboxylic acids is 2. The molecular weight excluding hydrogens is 324 g/mol. The van der Waals surface area contributed by atoms with Crippen molar-refractivity contribution in [1.82, 2.24) is 10.2 Å². The fourth-order valence-electron chi connectivity index (χ4n) is 2.89. The minimum Gasteiger partial charge on any atom is -0.352 e. The van der Waals surface area contributed by atoms with Gasteiger partial charge in [0.15, 0.2) is 0 Å². The molecule has 1 saturated heterocycles. The Bertz CT molecular complexity index is 716. The molecule has 0 bridgehead atoms. The summed E-state index contributed by atoms with van der Waals surface area (Å²) in [7, 11) is 0. The van der Waals surface area contributed by atoms with Crippen molar-refractivity contribution < 1.29 is 9.59 Å². The maximum Gasteiger partial charge on any atom is 0.251 e. The zero-order valence-corrected chi connectivity index (χ0v) is 14.0. The van der Waals surface area contributed by atoms with Gasteiger partial charge in [0.25, 0.3) is 5.91 Å². The van der Waals surface area contributed by atoms with Crippen molar-refractivity contribution in [2.45, 2.75) is 13.0 Å². The molecule has 1 aliphatic rings. The quantitative estimate of drug-likeness (QED) is 0.907. The predicted octanol–water partition coefficient (Wildman–Crippen LogP) is 3.12. The lowest BCUT2D eigenvalue weighted by Crippen LogP contribution is -2.31. The molecule has 1 atom stereocenters. The highest BCUT2D eigenvalue weighted by molar-refractivity contribution is 6.30. The second kappa shape index (κ2) is 7.49. The summed E-state index contributed by atoms with van der Waals surface area (Å²) in [5.74, 6) is 0.155. The van der Waals surface area contributed by atoms with E-state index in [4.69, 9.17) is 11.6 Å². The van der Waals surface area contributed by atoms with Gasteiger partial charge >= 0.3 is 0 Å². The zero-order chi connectivity index (χ0) is 16.9. The Labute approximate surface area is 146 Å². The van der Waals surface area contributed by atoms with Crippen LogP contribution >= 0.6 is 11.6 Å². The molecule has 0 saturated carbocycles. The number of rotatable bonds is 5. The Kier molecular flexibility index (Phi) is 5.16. The van der Waals surface area contributed by atoms with E-state index in [1.807, 2.05) is 35.2 Å². The lowest BCUT2D eigenvalue weighted by atomic mass is 10.1. The average Bonchev–Trinajstić information content (AvgIpc) is 2.94. The Morgan fingerprint density at radius 1 is 1.12 bits per heavy atom. The van der Waals surface area contributed by atoms with E-state index in [9.17, 15) is 9.59 Å². The molecule has 1 aliphatic heterocycles. The molecule has 4 nitrogen and oxygen atoms in total. The molecule has 2 amide bonds. The molecule has 5 heteroatoms. The number of benzene rings is 2. The number of hydrogen-bond donors (Lipinski definition) is 1. The highest BCUT2D eigenvalue weighted by atomic mass is 35.5. The summed E-state index contributed by atoms with van der Waals surface area (Å²) in [5.41, 5.74) is 1.70. The molecular formula is C19H19ClN2O2. The monoisotopic (exact) mass is 342 g/mol. The van der Waals surface area contributed by atoms with Crippen LogP contribution in [0.4, 0.5) is 0 Å². The van der Waals surface area contributed by atoms with E-state index < -0.39 is 0 Å². The number of nitrogens with one attached hydrogen (secondary N) is 1. The van der Waals surface area contributed by atoms with Crippen LogP contribution < -0.4 is 5.32 Å². The van der Waals surface area contributed by atoms with Crippen molar-refractivity contribution in [3.8, 4) is 0 Å². The van der Waals surface area contributed by atoms with Crippen molar-refractivity contribution in [1.29, 1.82) is 0 Å². The molecule has 0 spiro atoms. The van der Waals surface area contributed by atoms with Gasteiger partial charge in [-0.05, 0) is 29.8 Å². The molecule has 0 radical (unpaired) electrons. The van der Waals surface area contributed by atoms with Crippen molar-refractivity contribution in [3.63, 3.8) is 0 Å². The normalized spacial score (nSPS) is 17.1. The van der Waals surface area contributed by atoms with E-state index in [-0.39, 0.29) is 17.7 Å². The first-order valence-electron chi connectivity index (χ1n) is 7.97. The maximum atomic E-state index is 12.1. The zero-order valence-electron chi connectivity index (χ0n) is 13.2. The van der Waals surface area contributed by atoms with Crippen LogP contribution in [0.15, 0.2) is 54.6 Å². The molecule has 0 aromatic heterocycles. The number of likely N-dealkylation sites (tertiary alicyclic amines) is 1. The van der Waals surface area contributed by atoms with Gasteiger partial charge in [-0.25, -0.2) is 0 Å². The van der Waals surface area contributed by atoms with Crippen LogP contribution in [-0.4, -0.2) is 29.8 Å². The fraction of sp³-hybridized carbons (Fsp3) is 0.263. The Morgan fingerprint density at radius 3 is 2.54 bits per heavy atom. The van der Waals surface area contributed by atoms with Gasteiger partial charge in [-0.3, -0.25) is 9.59 Å². The fourth-order valence-corrected chi connectivity index (χ4v) is 3.01. The molecule has 1 N–H and O–H groups in total.